The Labute approximate surface area is 208 Å². The van der Waals surface area contributed by atoms with Crippen molar-refractivity contribution in [1.29, 1.82) is 0 Å². The van der Waals surface area contributed by atoms with Crippen molar-refractivity contribution in [3.63, 3.8) is 0 Å². The van der Waals surface area contributed by atoms with Crippen LogP contribution in [0.1, 0.15) is 22.9 Å². The van der Waals surface area contributed by atoms with E-state index in [-0.39, 0.29) is 6.10 Å². The third kappa shape index (κ3) is 4.46. The zero-order valence-electron chi connectivity index (χ0n) is 19.7. The molecular weight excluding hydrogens is 456 g/mol. The molecule has 8 heteroatoms. The number of hydrogen-bond donors (Lipinski definition) is 0. The molecule has 0 bridgehead atoms. The molecule has 3 heterocycles. The summed E-state index contributed by atoms with van der Waals surface area (Å²) >= 11 is 0. The van der Waals surface area contributed by atoms with Crippen LogP contribution in [0.5, 0.6) is 11.5 Å². The van der Waals surface area contributed by atoms with Gasteiger partial charge in [0.25, 0.3) is 5.89 Å². The monoisotopic (exact) mass is 480 g/mol. The lowest BCUT2D eigenvalue weighted by Gasteiger charge is -2.24. The van der Waals surface area contributed by atoms with Gasteiger partial charge in [-0.05, 0) is 41.5 Å². The van der Waals surface area contributed by atoms with Crippen LogP contribution in [-0.4, -0.2) is 27.0 Å². The summed E-state index contributed by atoms with van der Waals surface area (Å²) in [7, 11) is 1.66. The second kappa shape index (κ2) is 9.67. The number of para-hydroxylation sites is 1. The molecule has 1 atom stereocenters. The van der Waals surface area contributed by atoms with Crippen LogP contribution in [0.15, 0.2) is 89.5 Å². The SMILES string of the molecule is COc1ccc([C@H]2Cn3nc(-c4nc(-c5ccccc5OCc5ccccc5)no4)cc3CO2)cc1. The molecule has 0 saturated heterocycles. The van der Waals surface area contributed by atoms with Gasteiger partial charge in [-0.3, -0.25) is 4.68 Å². The molecule has 0 aliphatic carbocycles. The Kier molecular flexibility index (Phi) is 5.93. The molecular formula is C28H24N4O4. The van der Waals surface area contributed by atoms with Crippen LogP contribution in [-0.2, 0) is 24.5 Å². The molecule has 0 saturated carbocycles. The van der Waals surface area contributed by atoms with E-state index in [0.29, 0.717) is 42.9 Å². The Hall–Kier alpha value is -4.43. The maximum absolute atomic E-state index is 6.08. The van der Waals surface area contributed by atoms with E-state index in [1.807, 2.05) is 89.6 Å². The van der Waals surface area contributed by atoms with Gasteiger partial charge in [-0.1, -0.05) is 59.8 Å². The number of rotatable bonds is 7. The quantitative estimate of drug-likeness (QED) is 0.306. The number of ether oxygens (including phenoxy) is 3. The highest BCUT2D eigenvalue weighted by Gasteiger charge is 2.25. The summed E-state index contributed by atoms with van der Waals surface area (Å²) in [6.07, 6.45) is -0.0944. The molecule has 180 valence electrons. The fourth-order valence-electron chi connectivity index (χ4n) is 4.20. The van der Waals surface area contributed by atoms with Gasteiger partial charge >= 0.3 is 0 Å². The molecule has 0 N–H and O–H groups in total. The molecule has 1 aliphatic rings. The summed E-state index contributed by atoms with van der Waals surface area (Å²) in [5.74, 6) is 2.31. The molecule has 0 radical (unpaired) electrons. The second-order valence-corrected chi connectivity index (χ2v) is 8.47. The first-order chi connectivity index (χ1) is 17.8. The molecule has 8 nitrogen and oxygen atoms in total. The van der Waals surface area contributed by atoms with Crippen LogP contribution in [0.4, 0.5) is 0 Å². The lowest BCUT2D eigenvalue weighted by atomic mass is 10.1. The standard InChI is InChI=1S/C28H24N4O4/c1-33-22-13-11-20(12-14-22)26-16-32-21(18-35-26)15-24(30-32)28-29-27(31-36-28)23-9-5-6-10-25(23)34-17-19-7-3-2-4-8-19/h2-15,26H,16-18H2,1H3/t26-/m1/s1. The summed E-state index contributed by atoms with van der Waals surface area (Å²) in [6, 6.07) is 27.5. The van der Waals surface area contributed by atoms with Crippen molar-refractivity contribution in [3.05, 3.63) is 102 Å². The van der Waals surface area contributed by atoms with E-state index in [2.05, 4.69) is 10.1 Å². The van der Waals surface area contributed by atoms with Crippen molar-refractivity contribution in [2.75, 3.05) is 7.11 Å². The number of fused-ring (bicyclic) bond motifs is 1. The first-order valence-corrected chi connectivity index (χ1v) is 11.7. The molecule has 0 fully saturated rings. The van der Waals surface area contributed by atoms with E-state index in [9.17, 15) is 0 Å². The summed E-state index contributed by atoms with van der Waals surface area (Å²) in [5.41, 5.74) is 4.49. The van der Waals surface area contributed by atoms with Gasteiger partial charge in [0.1, 0.15) is 24.2 Å². The smallest absolute Gasteiger partial charge is 0.278 e. The maximum atomic E-state index is 6.08. The minimum atomic E-state index is -0.0944. The van der Waals surface area contributed by atoms with Gasteiger partial charge in [0.2, 0.25) is 5.82 Å². The number of nitrogens with zero attached hydrogens (tertiary/aromatic N) is 4. The maximum Gasteiger partial charge on any atom is 0.278 e. The molecule has 5 aromatic rings. The fraction of sp³-hybridized carbons (Fsp3) is 0.179. The number of benzene rings is 3. The van der Waals surface area contributed by atoms with Gasteiger partial charge in [0.05, 0.1) is 31.5 Å². The van der Waals surface area contributed by atoms with Gasteiger partial charge < -0.3 is 18.7 Å². The topological polar surface area (TPSA) is 84.4 Å². The highest BCUT2D eigenvalue weighted by atomic mass is 16.5. The predicted molar refractivity (Wildman–Crippen MR) is 132 cm³/mol. The summed E-state index contributed by atoms with van der Waals surface area (Å²) in [5, 5.41) is 8.93. The molecule has 1 aliphatic heterocycles. The minimum absolute atomic E-state index is 0.0944. The van der Waals surface area contributed by atoms with Gasteiger partial charge in [0, 0.05) is 0 Å². The Balaban J connectivity index is 1.20. The van der Waals surface area contributed by atoms with E-state index in [0.717, 1.165) is 28.1 Å². The number of hydrogen-bond acceptors (Lipinski definition) is 7. The predicted octanol–water partition coefficient (Wildman–Crippen LogP) is 5.46. The Morgan fingerprint density at radius 2 is 1.78 bits per heavy atom. The van der Waals surface area contributed by atoms with Crippen LogP contribution < -0.4 is 9.47 Å². The molecule has 6 rings (SSSR count). The molecule has 2 aromatic heterocycles. The average molecular weight is 481 g/mol. The van der Waals surface area contributed by atoms with E-state index in [1.165, 1.54) is 0 Å². The fourth-order valence-corrected chi connectivity index (χ4v) is 4.20. The summed E-state index contributed by atoms with van der Waals surface area (Å²) in [4.78, 5) is 4.62. The van der Waals surface area contributed by atoms with Crippen LogP contribution in [0.25, 0.3) is 23.0 Å². The first-order valence-electron chi connectivity index (χ1n) is 11.7. The third-order valence-corrected chi connectivity index (χ3v) is 6.13. The number of aromatic nitrogens is 4. The van der Waals surface area contributed by atoms with Crippen molar-refractivity contribution in [2.24, 2.45) is 0 Å². The average Bonchev–Trinajstić information content (AvgIpc) is 3.60. The van der Waals surface area contributed by atoms with E-state index in [4.69, 9.17) is 23.8 Å². The minimum Gasteiger partial charge on any atom is -0.497 e. The molecule has 0 amide bonds. The number of methoxy groups -OCH3 is 1. The molecule has 3 aromatic carbocycles. The van der Waals surface area contributed by atoms with E-state index in [1.54, 1.807) is 7.11 Å². The van der Waals surface area contributed by atoms with Crippen LogP contribution in [0.2, 0.25) is 0 Å². The third-order valence-electron chi connectivity index (χ3n) is 6.13. The molecule has 0 unspecified atom stereocenters. The van der Waals surface area contributed by atoms with Gasteiger partial charge in [-0.25, -0.2) is 0 Å². The molecule has 36 heavy (non-hydrogen) atoms. The lowest BCUT2D eigenvalue weighted by molar-refractivity contribution is -0.00115. The van der Waals surface area contributed by atoms with Gasteiger partial charge in [-0.2, -0.15) is 10.1 Å². The van der Waals surface area contributed by atoms with Crippen molar-refractivity contribution in [2.45, 2.75) is 25.9 Å². The zero-order chi connectivity index (χ0) is 24.3. The van der Waals surface area contributed by atoms with Crippen LogP contribution in [0.3, 0.4) is 0 Å². The molecule has 0 spiro atoms. The zero-order valence-corrected chi connectivity index (χ0v) is 19.7. The lowest BCUT2D eigenvalue weighted by Crippen LogP contribution is -2.21. The highest BCUT2D eigenvalue weighted by molar-refractivity contribution is 5.65. The van der Waals surface area contributed by atoms with Crippen molar-refractivity contribution < 1.29 is 18.7 Å². The van der Waals surface area contributed by atoms with E-state index >= 15 is 0 Å². The van der Waals surface area contributed by atoms with Gasteiger partial charge in [-0.15, -0.1) is 0 Å². The van der Waals surface area contributed by atoms with Crippen molar-refractivity contribution in [1.82, 2.24) is 19.9 Å². The largest absolute Gasteiger partial charge is 0.497 e. The van der Waals surface area contributed by atoms with Crippen LogP contribution >= 0.6 is 0 Å². The van der Waals surface area contributed by atoms with Crippen molar-refractivity contribution in [3.8, 4) is 34.5 Å². The Bertz CT molecular complexity index is 1460. The summed E-state index contributed by atoms with van der Waals surface area (Å²) < 4.78 is 24.9. The normalized spacial score (nSPS) is 14.9. The Morgan fingerprint density at radius 1 is 0.972 bits per heavy atom. The summed E-state index contributed by atoms with van der Waals surface area (Å²) in [6.45, 7) is 1.49. The Morgan fingerprint density at radius 3 is 2.61 bits per heavy atom. The first kappa shape index (κ1) is 22.1. The van der Waals surface area contributed by atoms with Crippen LogP contribution in [0, 0.1) is 0 Å². The van der Waals surface area contributed by atoms with E-state index < -0.39 is 0 Å². The van der Waals surface area contributed by atoms with Gasteiger partial charge in [0.15, 0.2) is 5.69 Å². The second-order valence-electron chi connectivity index (χ2n) is 8.47. The highest BCUT2D eigenvalue weighted by Crippen LogP contribution is 2.32. The van der Waals surface area contributed by atoms with Crippen molar-refractivity contribution >= 4 is 0 Å².